The monoisotopic (exact) mass is 597 g/mol. The lowest BCUT2D eigenvalue weighted by Crippen LogP contribution is -2.31. The summed E-state index contributed by atoms with van der Waals surface area (Å²) in [7, 11) is -2.36. The van der Waals surface area contributed by atoms with E-state index in [9.17, 15) is 13.2 Å². The highest BCUT2D eigenvalue weighted by molar-refractivity contribution is 7.92. The average Bonchev–Trinajstić information content (AvgIpc) is 3.75. The fraction of sp³-hybridized carbons (Fsp3) is 0.226. The Hall–Kier alpha value is -4.97. The van der Waals surface area contributed by atoms with Gasteiger partial charge in [-0.05, 0) is 61.4 Å². The van der Waals surface area contributed by atoms with Crippen LogP contribution in [0.25, 0.3) is 16.9 Å². The zero-order valence-electron chi connectivity index (χ0n) is 24.0. The molecule has 12 heteroatoms. The molecule has 0 bridgehead atoms. The van der Waals surface area contributed by atoms with Crippen LogP contribution in [0, 0.1) is 13.8 Å². The van der Waals surface area contributed by atoms with Crippen molar-refractivity contribution >= 4 is 21.9 Å². The summed E-state index contributed by atoms with van der Waals surface area (Å²) in [5, 5.41) is 3.96. The van der Waals surface area contributed by atoms with Crippen LogP contribution in [0.15, 0.2) is 90.3 Å². The highest BCUT2D eigenvalue weighted by Gasteiger charge is 2.29. The SMILES string of the molecule is Cc1cccc(C)c1-c1cc(OC2CCN(C(=O)c3ccc(-n4cccc4)cc3)C2)nc(NS(=O)(=O)c2cnn(C)c2)n1. The fourth-order valence-corrected chi connectivity index (χ4v) is 6.17. The molecule has 1 unspecified atom stereocenters. The lowest BCUT2D eigenvalue weighted by molar-refractivity contribution is 0.0771. The molecule has 2 aromatic carbocycles. The number of likely N-dealkylation sites (tertiary alicyclic amines) is 1. The van der Waals surface area contributed by atoms with Crippen molar-refractivity contribution in [2.75, 3.05) is 17.8 Å². The molecule has 1 fully saturated rings. The van der Waals surface area contributed by atoms with Gasteiger partial charge in [0.15, 0.2) is 0 Å². The molecule has 6 rings (SSSR count). The van der Waals surface area contributed by atoms with Gasteiger partial charge in [0.05, 0.1) is 18.4 Å². The van der Waals surface area contributed by atoms with Gasteiger partial charge in [0.1, 0.15) is 11.0 Å². The predicted molar refractivity (Wildman–Crippen MR) is 162 cm³/mol. The molecule has 0 saturated carbocycles. The van der Waals surface area contributed by atoms with Crippen LogP contribution < -0.4 is 9.46 Å². The number of sulfonamides is 1. The van der Waals surface area contributed by atoms with E-state index in [1.807, 2.05) is 85.4 Å². The number of hydrogen-bond donors (Lipinski definition) is 1. The van der Waals surface area contributed by atoms with E-state index >= 15 is 0 Å². The minimum absolute atomic E-state index is 0.00937. The summed E-state index contributed by atoms with van der Waals surface area (Å²) in [6.07, 6.45) is 6.83. The van der Waals surface area contributed by atoms with Crippen molar-refractivity contribution in [3.8, 4) is 22.8 Å². The van der Waals surface area contributed by atoms with Gasteiger partial charge in [0, 0.05) is 61.5 Å². The normalized spacial score (nSPS) is 15.0. The third-order valence-corrected chi connectivity index (χ3v) is 8.68. The number of aryl methyl sites for hydroxylation is 3. The first-order chi connectivity index (χ1) is 20.7. The summed E-state index contributed by atoms with van der Waals surface area (Å²) >= 11 is 0. The van der Waals surface area contributed by atoms with Crippen molar-refractivity contribution in [3.63, 3.8) is 0 Å². The molecule has 5 aromatic rings. The second-order valence-corrected chi connectivity index (χ2v) is 12.2. The molecule has 1 atom stereocenters. The Morgan fingerprint density at radius 3 is 2.40 bits per heavy atom. The van der Waals surface area contributed by atoms with E-state index in [-0.39, 0.29) is 28.7 Å². The molecule has 11 nitrogen and oxygen atoms in total. The molecular weight excluding hydrogens is 566 g/mol. The van der Waals surface area contributed by atoms with Gasteiger partial charge in [-0.1, -0.05) is 18.2 Å². The molecule has 1 amide bonds. The van der Waals surface area contributed by atoms with E-state index in [1.165, 1.54) is 17.1 Å². The number of hydrogen-bond acceptors (Lipinski definition) is 7. The van der Waals surface area contributed by atoms with Crippen LogP contribution in [0.3, 0.4) is 0 Å². The summed E-state index contributed by atoms with van der Waals surface area (Å²) < 4.78 is 38.3. The number of carbonyl (C=O) groups is 1. The quantitative estimate of drug-likeness (QED) is 0.282. The maximum absolute atomic E-state index is 13.3. The van der Waals surface area contributed by atoms with Crippen LogP contribution in [0.4, 0.5) is 5.95 Å². The third kappa shape index (κ3) is 6.00. The molecular formula is C31H31N7O4S. The lowest BCUT2D eigenvalue weighted by atomic mass is 10.00. The van der Waals surface area contributed by atoms with Gasteiger partial charge in [-0.2, -0.15) is 10.1 Å². The Balaban J connectivity index is 1.23. The van der Waals surface area contributed by atoms with E-state index in [2.05, 4.69) is 19.8 Å². The molecule has 43 heavy (non-hydrogen) atoms. The van der Waals surface area contributed by atoms with Crippen molar-refractivity contribution in [3.05, 3.63) is 102 Å². The molecule has 0 spiro atoms. The van der Waals surface area contributed by atoms with Gasteiger partial charge in [-0.25, -0.2) is 18.1 Å². The number of anilines is 1. The number of benzene rings is 2. The van der Waals surface area contributed by atoms with Crippen molar-refractivity contribution < 1.29 is 17.9 Å². The Labute approximate surface area is 249 Å². The molecule has 0 aliphatic carbocycles. The van der Waals surface area contributed by atoms with E-state index in [0.29, 0.717) is 30.8 Å². The van der Waals surface area contributed by atoms with Crippen LogP contribution in [0.5, 0.6) is 5.88 Å². The summed E-state index contributed by atoms with van der Waals surface area (Å²) in [4.78, 5) is 24.0. The molecule has 0 radical (unpaired) electrons. The second kappa shape index (κ2) is 11.4. The Bertz CT molecular complexity index is 1860. The molecule has 220 valence electrons. The van der Waals surface area contributed by atoms with E-state index in [4.69, 9.17) is 4.74 Å². The minimum atomic E-state index is -3.99. The lowest BCUT2D eigenvalue weighted by Gasteiger charge is -2.18. The van der Waals surface area contributed by atoms with Gasteiger partial charge in [0.25, 0.3) is 15.9 Å². The number of ether oxygens (including phenoxy) is 1. The van der Waals surface area contributed by atoms with Crippen molar-refractivity contribution in [2.24, 2.45) is 7.05 Å². The number of aromatic nitrogens is 5. The standard InChI is InChI=1S/C31H31N7O4S/c1-21-7-6-8-22(2)29(21)27-17-28(34-31(33-27)35-43(40,41)26-18-32-36(3)20-26)42-25-13-16-38(19-25)30(39)23-9-11-24(12-10-23)37-14-4-5-15-37/h4-12,14-15,17-18,20,25H,13,16,19H2,1-3H3,(H,33,34,35). The zero-order valence-corrected chi connectivity index (χ0v) is 24.8. The highest BCUT2D eigenvalue weighted by Crippen LogP contribution is 2.30. The van der Waals surface area contributed by atoms with Crippen LogP contribution >= 0.6 is 0 Å². The number of nitrogens with one attached hydrogen (secondary N) is 1. The molecule has 4 heterocycles. The van der Waals surface area contributed by atoms with Gasteiger partial charge in [-0.15, -0.1) is 0 Å². The van der Waals surface area contributed by atoms with E-state index < -0.39 is 10.0 Å². The number of carbonyl (C=O) groups excluding carboxylic acids is 1. The Morgan fingerprint density at radius 1 is 1.00 bits per heavy atom. The largest absolute Gasteiger partial charge is 0.472 e. The molecule has 1 saturated heterocycles. The maximum atomic E-state index is 13.3. The molecule has 3 aromatic heterocycles. The molecule has 1 N–H and O–H groups in total. The highest BCUT2D eigenvalue weighted by atomic mass is 32.2. The summed E-state index contributed by atoms with van der Waals surface area (Å²) in [5.41, 5.74) is 4.92. The van der Waals surface area contributed by atoms with E-state index in [0.717, 1.165) is 22.4 Å². The maximum Gasteiger partial charge on any atom is 0.267 e. The van der Waals surface area contributed by atoms with Crippen molar-refractivity contribution in [1.82, 2.24) is 29.2 Å². The van der Waals surface area contributed by atoms with Gasteiger partial charge in [0.2, 0.25) is 11.8 Å². The van der Waals surface area contributed by atoms with Crippen LogP contribution in [0.1, 0.15) is 27.9 Å². The smallest absolute Gasteiger partial charge is 0.267 e. The Kier molecular flexibility index (Phi) is 7.45. The topological polar surface area (TPSA) is 124 Å². The summed E-state index contributed by atoms with van der Waals surface area (Å²) in [5.74, 6) is 0.0219. The number of rotatable bonds is 8. The number of amides is 1. The van der Waals surface area contributed by atoms with Crippen LogP contribution in [0.2, 0.25) is 0 Å². The predicted octanol–water partition coefficient (Wildman–Crippen LogP) is 4.38. The van der Waals surface area contributed by atoms with E-state index in [1.54, 1.807) is 18.0 Å². The first-order valence-electron chi connectivity index (χ1n) is 13.8. The van der Waals surface area contributed by atoms with Gasteiger partial charge >= 0.3 is 0 Å². The summed E-state index contributed by atoms with van der Waals surface area (Å²) in [6, 6.07) is 19.0. The third-order valence-electron chi connectivity index (χ3n) is 7.39. The summed E-state index contributed by atoms with van der Waals surface area (Å²) in [6.45, 7) is 4.84. The van der Waals surface area contributed by atoms with Crippen molar-refractivity contribution in [2.45, 2.75) is 31.3 Å². The number of nitrogens with zero attached hydrogens (tertiary/aromatic N) is 6. The zero-order chi connectivity index (χ0) is 30.1. The first kappa shape index (κ1) is 28.2. The van der Waals surface area contributed by atoms with Gasteiger partial charge < -0.3 is 14.2 Å². The van der Waals surface area contributed by atoms with Crippen LogP contribution in [-0.2, 0) is 17.1 Å². The minimum Gasteiger partial charge on any atom is -0.472 e. The molecule has 1 aliphatic heterocycles. The first-order valence-corrected chi connectivity index (χ1v) is 15.3. The fourth-order valence-electron chi connectivity index (χ4n) is 5.24. The average molecular weight is 598 g/mol. The van der Waals surface area contributed by atoms with Crippen LogP contribution in [-0.4, -0.2) is 62.7 Å². The second-order valence-electron chi connectivity index (χ2n) is 10.6. The Morgan fingerprint density at radius 2 is 1.72 bits per heavy atom. The van der Waals surface area contributed by atoms with Crippen molar-refractivity contribution in [1.29, 1.82) is 0 Å². The van der Waals surface area contributed by atoms with Gasteiger partial charge in [-0.3, -0.25) is 9.48 Å². The molecule has 1 aliphatic rings.